The van der Waals surface area contributed by atoms with E-state index in [0.717, 1.165) is 131 Å². The van der Waals surface area contributed by atoms with Crippen LogP contribution in [0, 0.1) is 131 Å². The minimum atomic E-state index is 0. The summed E-state index contributed by atoms with van der Waals surface area (Å²) in [5.74, 6) is 5.39. The Bertz CT molecular complexity index is 5800. The van der Waals surface area contributed by atoms with Gasteiger partial charge in [0.1, 0.15) is 5.82 Å². The van der Waals surface area contributed by atoms with Crippen molar-refractivity contribution in [3.63, 3.8) is 0 Å². The monoisotopic (exact) mass is 2180 g/mol. The van der Waals surface area contributed by atoms with Crippen LogP contribution in [-0.2, 0) is 93.3 Å². The first kappa shape index (κ1) is 87.7. The summed E-state index contributed by atoms with van der Waals surface area (Å²) in [5.41, 5.74) is 22.8. The van der Waals surface area contributed by atoms with Gasteiger partial charge in [0.2, 0.25) is 5.69 Å². The maximum atomic E-state index is 7.61. The van der Waals surface area contributed by atoms with E-state index >= 15 is 0 Å². The number of benzene rings is 10. The maximum absolute atomic E-state index is 7.61. The molecule has 0 aliphatic rings. The smallest absolute Gasteiger partial charge is 0.210 e. The van der Waals surface area contributed by atoms with Crippen LogP contribution in [0.15, 0.2) is 207 Å². The number of aryl methyl sites for hydroxylation is 6. The number of hydrogen-bond acceptors (Lipinski definition) is 6. The molecule has 564 valence electrons. The molecule has 14 rings (SSSR count). The first-order valence-electron chi connectivity index (χ1n) is 35.1. The predicted octanol–water partition coefficient (Wildman–Crippen LogP) is 23.6. The molecule has 20 heteroatoms. The van der Waals surface area contributed by atoms with E-state index in [2.05, 4.69) is 128 Å². The van der Waals surface area contributed by atoms with Gasteiger partial charge in [-0.05, 0) is 137 Å². The fraction of sp³-hybridized carbons (Fsp3) is 0.174. The van der Waals surface area contributed by atoms with Crippen LogP contribution in [0.2, 0.25) is 0 Å². The van der Waals surface area contributed by atoms with Crippen molar-refractivity contribution in [1.29, 1.82) is 0 Å². The molecule has 0 unspecified atom stereocenters. The van der Waals surface area contributed by atoms with Gasteiger partial charge in [-0.2, -0.15) is 10.2 Å². The molecule has 0 bridgehead atoms. The Hall–Kier alpha value is -11.6. The fourth-order valence-electron chi connectivity index (χ4n) is 13.4. The molecule has 0 saturated carbocycles. The van der Waals surface area contributed by atoms with Crippen LogP contribution < -0.4 is 0 Å². The number of hydrogen-bond donors (Lipinski definition) is 0. The molecule has 0 amide bonds. The normalized spacial score (nSPS) is 10.2. The SMILES string of the molecule is [C-]#[N+]c1cc(C)c(-c2cc[c-]c(-c3nnc(C)n3-c3ccccc3)c2)c(C)c1.[C-]#[N+]c1cc(C)cc(C)c1-n1ccnc1-c1[c-]cccc1.[C-]#[N+]c1cc(CC(C)C)c(-n2ccnc2-c2[c-]cccc2)c(CC(C)C)c1.[C-]#[N+]c1ccc(C)c(-c2nnc(-c3[c-]cccc3)n2-c2c(C)c([N+]#[C-])cc([N+]#[C-])c2C)c1.[Ir].[Ir].[Ir].[Ir]. The molecule has 0 aliphatic carbocycles. The third-order valence-electron chi connectivity index (χ3n) is 18.1. The van der Waals surface area contributed by atoms with Gasteiger partial charge in [0.25, 0.3) is 0 Å². The van der Waals surface area contributed by atoms with Crippen LogP contribution in [0.5, 0.6) is 0 Å². The van der Waals surface area contributed by atoms with Crippen molar-refractivity contribution in [1.82, 2.24) is 48.6 Å². The first-order chi connectivity index (χ1) is 52.3. The van der Waals surface area contributed by atoms with Crippen LogP contribution in [0.4, 0.5) is 34.1 Å². The standard InChI is InChI=1S/C26H17N6.C24H19N4.C24H26N3.C18H14N3.4Ir/c1-16-12-13-20(27-4)14-21(16)26-31-30-25(19-10-8-7-9-11-19)32(26)24-17(2)22(28-5)15-23(29-6)18(24)3;1-16-13-21(25-4)14-17(2)23(16)19-9-8-10-20(15-19)24-27-26-18(3)28(24)22-11-6-5-7-12-22;1-17(2)13-20-15-22(25-5)16-21(14-18(3)4)23(20)27-12-11-26-24(27)19-9-7-6-8-10-19;1-13-11-14(2)17(16(12-13)19-3)21-10-9-20-18(21)15-7-5-4-6-8-15;;;;/h7-10,12-15H,1-3H3;5-9,11-15H,1-3H3;6-9,11-12,15-18H,13-14H2,1-4H3;4-7,9-12H,1-2H3;;;;/q4*-1;;;;. The van der Waals surface area contributed by atoms with Crippen molar-refractivity contribution in [3.05, 3.63) is 355 Å². The second-order valence-electron chi connectivity index (χ2n) is 26.9. The molecule has 112 heavy (non-hydrogen) atoms. The van der Waals surface area contributed by atoms with Crippen LogP contribution >= 0.6 is 0 Å². The largest absolute Gasteiger partial charge is 0.349 e. The average molecular weight is 2170 g/mol. The number of nitrogens with zero attached hydrogens (tertiary/aromatic N) is 16. The summed E-state index contributed by atoms with van der Waals surface area (Å²) in [6.07, 6.45) is 9.37. The number of imidazole rings is 2. The van der Waals surface area contributed by atoms with Gasteiger partial charge in [-0.25, -0.2) is 29.1 Å². The minimum absolute atomic E-state index is 0. The quantitative estimate of drug-likeness (QED) is 0.0999. The van der Waals surface area contributed by atoms with E-state index in [1.807, 2.05) is 233 Å². The van der Waals surface area contributed by atoms with Crippen molar-refractivity contribution in [2.45, 2.75) is 95.9 Å². The van der Waals surface area contributed by atoms with Gasteiger partial charge in [0.15, 0.2) is 34.3 Å². The van der Waals surface area contributed by atoms with Crippen molar-refractivity contribution in [2.24, 2.45) is 11.8 Å². The molecule has 4 heterocycles. The van der Waals surface area contributed by atoms with Crippen LogP contribution in [-0.4, -0.2) is 48.6 Å². The Kier molecular flexibility index (Phi) is 31.6. The van der Waals surface area contributed by atoms with Gasteiger partial charge in [-0.3, -0.25) is 9.97 Å². The maximum Gasteiger partial charge on any atom is 0.210 e. The third kappa shape index (κ3) is 19.8. The van der Waals surface area contributed by atoms with Gasteiger partial charge >= 0.3 is 0 Å². The predicted molar refractivity (Wildman–Crippen MR) is 430 cm³/mol. The molecule has 0 fully saturated rings. The molecule has 14 aromatic rings. The van der Waals surface area contributed by atoms with E-state index in [1.165, 1.54) is 16.8 Å². The average Bonchev–Trinajstić information content (AvgIpc) is 1.52. The molecule has 4 radical (unpaired) electrons. The number of rotatable bonds is 14. The summed E-state index contributed by atoms with van der Waals surface area (Å²) in [4.78, 5) is 30.9. The zero-order chi connectivity index (χ0) is 76.7. The molecular weight excluding hydrogens is 2100 g/mol. The topological polar surface area (TPSA) is 123 Å². The Morgan fingerprint density at radius 2 is 0.848 bits per heavy atom. The molecule has 0 spiro atoms. The van der Waals surface area contributed by atoms with E-state index in [0.29, 0.717) is 57.6 Å². The Morgan fingerprint density at radius 3 is 1.35 bits per heavy atom. The molecule has 4 aromatic heterocycles. The third-order valence-corrected chi connectivity index (χ3v) is 18.1. The van der Waals surface area contributed by atoms with Gasteiger partial charge in [-0.1, -0.05) is 117 Å². The van der Waals surface area contributed by atoms with E-state index in [4.69, 9.17) is 39.4 Å². The molecule has 16 nitrogen and oxygen atoms in total. The van der Waals surface area contributed by atoms with Gasteiger partial charge in [0.05, 0.1) is 62.7 Å². The summed E-state index contributed by atoms with van der Waals surface area (Å²) < 4.78 is 8.07. The van der Waals surface area contributed by atoms with Crippen molar-refractivity contribution in [3.8, 4) is 90.8 Å². The Morgan fingerprint density at radius 1 is 0.375 bits per heavy atom. The van der Waals surface area contributed by atoms with E-state index in [-0.39, 0.29) is 80.4 Å². The summed E-state index contributed by atoms with van der Waals surface area (Å²) >= 11 is 0. The Balaban J connectivity index is 0.000000207. The van der Waals surface area contributed by atoms with Crippen molar-refractivity contribution >= 4 is 34.1 Å². The fourth-order valence-corrected chi connectivity index (χ4v) is 13.4. The van der Waals surface area contributed by atoms with Gasteiger partial charge in [-0.15, -0.1) is 153 Å². The summed E-state index contributed by atoms with van der Waals surface area (Å²) in [7, 11) is 0. The zero-order valence-electron chi connectivity index (χ0n) is 63.7. The molecular formula is C92H76Ir4N16-4. The molecule has 10 aromatic carbocycles. The van der Waals surface area contributed by atoms with Gasteiger partial charge < -0.3 is 18.3 Å². The molecule has 0 N–H and O–H groups in total. The summed E-state index contributed by atoms with van der Waals surface area (Å²) in [6, 6.07) is 71.3. The van der Waals surface area contributed by atoms with Crippen LogP contribution in [0.1, 0.15) is 83.6 Å². The number of aromatic nitrogens is 10. The van der Waals surface area contributed by atoms with Crippen LogP contribution in [0.25, 0.3) is 120 Å². The summed E-state index contributed by atoms with van der Waals surface area (Å²) in [5, 5.41) is 17.7. The Labute approximate surface area is 711 Å². The molecule has 0 aliphatic heterocycles. The van der Waals surface area contributed by atoms with Gasteiger partial charge in [0, 0.05) is 134 Å². The van der Waals surface area contributed by atoms with Crippen molar-refractivity contribution < 1.29 is 80.4 Å². The summed E-state index contributed by atoms with van der Waals surface area (Å²) in [6.45, 7) is 69.5. The van der Waals surface area contributed by atoms with E-state index in [9.17, 15) is 0 Å². The minimum Gasteiger partial charge on any atom is -0.349 e. The van der Waals surface area contributed by atoms with E-state index in [1.54, 1.807) is 30.5 Å². The first-order valence-corrected chi connectivity index (χ1v) is 35.1. The molecule has 0 saturated heterocycles. The zero-order valence-corrected chi connectivity index (χ0v) is 73.3. The molecule has 0 atom stereocenters. The van der Waals surface area contributed by atoms with Crippen molar-refractivity contribution in [2.75, 3.05) is 0 Å². The van der Waals surface area contributed by atoms with Crippen LogP contribution in [0.3, 0.4) is 0 Å². The number of para-hydroxylation sites is 1. The second-order valence-corrected chi connectivity index (χ2v) is 26.9. The second kappa shape index (κ2) is 40.4. The van der Waals surface area contributed by atoms with E-state index < -0.39 is 0 Å².